The summed E-state index contributed by atoms with van der Waals surface area (Å²) >= 11 is 0. The van der Waals surface area contributed by atoms with Gasteiger partial charge in [-0.25, -0.2) is 14.4 Å². The van der Waals surface area contributed by atoms with Crippen LogP contribution in [0.5, 0.6) is 0 Å². The number of aryl methyl sites for hydroxylation is 1. The second kappa shape index (κ2) is 3.21. The number of nitrogens with two attached hydrogens (primary N) is 1. The first-order chi connectivity index (χ1) is 6.70. The van der Waals surface area contributed by atoms with Crippen LogP contribution in [0.3, 0.4) is 0 Å². The van der Waals surface area contributed by atoms with Crippen molar-refractivity contribution >= 4 is 16.9 Å². The van der Waals surface area contributed by atoms with Crippen molar-refractivity contribution in [2.75, 3.05) is 5.73 Å². The number of fused-ring (bicyclic) bond motifs is 1. The predicted octanol–water partition coefficient (Wildman–Crippen LogP) is 1.91. The number of benzene rings is 1. The Balaban J connectivity index is 2.81. The van der Waals surface area contributed by atoms with E-state index in [0.29, 0.717) is 5.52 Å². The Kier molecular flexibility index (Phi) is 2.04. The smallest absolute Gasteiger partial charge is 0.220 e. The predicted molar refractivity (Wildman–Crippen MR) is 53.3 cm³/mol. The zero-order valence-corrected chi connectivity index (χ0v) is 7.79. The van der Waals surface area contributed by atoms with Gasteiger partial charge in [0.15, 0.2) is 0 Å². The molecule has 1 aromatic carbocycles. The number of nitrogen functional groups attached to an aromatic ring is 1. The molecule has 0 atom stereocenters. The minimum atomic E-state index is -0.308. The minimum absolute atomic E-state index is 0.194. The van der Waals surface area contributed by atoms with Crippen LogP contribution in [-0.4, -0.2) is 9.97 Å². The van der Waals surface area contributed by atoms with Crippen LogP contribution in [0.4, 0.5) is 10.3 Å². The van der Waals surface area contributed by atoms with Gasteiger partial charge in [0.2, 0.25) is 5.95 Å². The first-order valence-corrected chi connectivity index (χ1v) is 4.42. The summed E-state index contributed by atoms with van der Waals surface area (Å²) < 4.78 is 12.9. The average Bonchev–Trinajstić information content (AvgIpc) is 2.15. The largest absolute Gasteiger partial charge is 0.368 e. The van der Waals surface area contributed by atoms with E-state index in [-0.39, 0.29) is 11.8 Å². The summed E-state index contributed by atoms with van der Waals surface area (Å²) in [5.74, 6) is -0.113. The first-order valence-electron chi connectivity index (χ1n) is 4.42. The fourth-order valence-corrected chi connectivity index (χ4v) is 1.46. The van der Waals surface area contributed by atoms with Crippen molar-refractivity contribution in [2.24, 2.45) is 0 Å². The van der Waals surface area contributed by atoms with Gasteiger partial charge in [-0.2, -0.15) is 0 Å². The molecule has 0 amide bonds. The lowest BCUT2D eigenvalue weighted by Crippen LogP contribution is -2.00. The van der Waals surface area contributed by atoms with E-state index in [1.54, 1.807) is 6.07 Å². The summed E-state index contributed by atoms with van der Waals surface area (Å²) in [7, 11) is 0. The van der Waals surface area contributed by atoms with Crippen molar-refractivity contribution in [3.63, 3.8) is 0 Å². The molecule has 72 valence electrons. The van der Waals surface area contributed by atoms with E-state index in [2.05, 4.69) is 9.97 Å². The van der Waals surface area contributed by atoms with E-state index in [1.807, 2.05) is 6.92 Å². The fourth-order valence-electron chi connectivity index (χ4n) is 1.46. The molecule has 0 bridgehead atoms. The van der Waals surface area contributed by atoms with Crippen LogP contribution in [-0.2, 0) is 6.42 Å². The number of rotatable bonds is 1. The normalized spacial score (nSPS) is 10.7. The summed E-state index contributed by atoms with van der Waals surface area (Å²) in [4.78, 5) is 8.07. The van der Waals surface area contributed by atoms with Crippen LogP contribution in [0, 0.1) is 5.82 Å². The monoisotopic (exact) mass is 191 g/mol. The zero-order chi connectivity index (χ0) is 10.1. The van der Waals surface area contributed by atoms with Gasteiger partial charge < -0.3 is 5.73 Å². The van der Waals surface area contributed by atoms with Crippen LogP contribution < -0.4 is 5.73 Å². The third-order valence-corrected chi connectivity index (χ3v) is 2.09. The maximum Gasteiger partial charge on any atom is 0.220 e. The lowest BCUT2D eigenvalue weighted by atomic mass is 10.1. The highest BCUT2D eigenvalue weighted by Crippen LogP contribution is 2.18. The zero-order valence-electron chi connectivity index (χ0n) is 7.79. The van der Waals surface area contributed by atoms with Gasteiger partial charge in [0.25, 0.3) is 0 Å². The molecule has 14 heavy (non-hydrogen) atoms. The number of hydrogen-bond donors (Lipinski definition) is 1. The minimum Gasteiger partial charge on any atom is -0.368 e. The van der Waals surface area contributed by atoms with Gasteiger partial charge in [-0.1, -0.05) is 6.92 Å². The van der Waals surface area contributed by atoms with Crippen LogP contribution in [0.2, 0.25) is 0 Å². The molecule has 0 aliphatic heterocycles. The Labute approximate surface area is 80.8 Å². The van der Waals surface area contributed by atoms with Gasteiger partial charge in [0, 0.05) is 11.5 Å². The van der Waals surface area contributed by atoms with Gasteiger partial charge >= 0.3 is 0 Å². The van der Waals surface area contributed by atoms with Gasteiger partial charge in [-0.15, -0.1) is 0 Å². The molecule has 2 aromatic rings. The number of aromatic nitrogens is 2. The van der Waals surface area contributed by atoms with Crippen LogP contribution in [0.15, 0.2) is 18.2 Å². The van der Waals surface area contributed by atoms with Gasteiger partial charge in [0.1, 0.15) is 5.82 Å². The number of halogens is 1. The summed E-state index contributed by atoms with van der Waals surface area (Å²) in [6.07, 6.45) is 0.759. The van der Waals surface area contributed by atoms with Crippen LogP contribution in [0.1, 0.15) is 12.6 Å². The molecule has 0 aliphatic carbocycles. The summed E-state index contributed by atoms with van der Waals surface area (Å²) in [6.45, 7) is 1.98. The molecule has 2 N–H and O–H groups in total. The Bertz CT molecular complexity index is 477. The highest BCUT2D eigenvalue weighted by Gasteiger charge is 2.04. The number of anilines is 1. The Morgan fingerprint density at radius 3 is 2.86 bits per heavy atom. The molecule has 0 fully saturated rings. The van der Waals surface area contributed by atoms with E-state index in [0.717, 1.165) is 17.5 Å². The van der Waals surface area contributed by atoms with E-state index < -0.39 is 0 Å². The molecule has 0 unspecified atom stereocenters. The molecule has 1 aromatic heterocycles. The van der Waals surface area contributed by atoms with Crippen molar-refractivity contribution in [1.82, 2.24) is 9.97 Å². The lowest BCUT2D eigenvalue weighted by Gasteiger charge is -2.03. The molecule has 2 rings (SSSR count). The third-order valence-electron chi connectivity index (χ3n) is 2.09. The first kappa shape index (κ1) is 8.87. The van der Waals surface area contributed by atoms with Gasteiger partial charge in [-0.3, -0.25) is 0 Å². The Morgan fingerprint density at radius 1 is 1.36 bits per heavy atom. The highest BCUT2D eigenvalue weighted by molar-refractivity contribution is 5.81. The quantitative estimate of drug-likeness (QED) is 0.749. The number of nitrogens with zero attached hydrogens (tertiary/aromatic N) is 2. The lowest BCUT2D eigenvalue weighted by molar-refractivity contribution is 0.629. The second-order valence-electron chi connectivity index (χ2n) is 3.04. The Morgan fingerprint density at radius 2 is 2.14 bits per heavy atom. The molecule has 0 saturated heterocycles. The molecule has 0 radical (unpaired) electrons. The molecule has 0 spiro atoms. The molecule has 3 nitrogen and oxygen atoms in total. The molecule has 1 heterocycles. The van der Waals surface area contributed by atoms with Crippen molar-refractivity contribution in [1.29, 1.82) is 0 Å². The molecule has 0 saturated carbocycles. The molecule has 4 heteroatoms. The average molecular weight is 191 g/mol. The summed E-state index contributed by atoms with van der Waals surface area (Å²) in [5.41, 5.74) is 6.92. The summed E-state index contributed by atoms with van der Waals surface area (Å²) in [5, 5.41) is 0.864. The van der Waals surface area contributed by atoms with Crippen LogP contribution in [0.25, 0.3) is 10.9 Å². The topological polar surface area (TPSA) is 51.8 Å². The second-order valence-corrected chi connectivity index (χ2v) is 3.04. The van der Waals surface area contributed by atoms with Crippen LogP contribution >= 0.6 is 0 Å². The van der Waals surface area contributed by atoms with Crippen molar-refractivity contribution in [3.05, 3.63) is 29.7 Å². The maximum atomic E-state index is 12.9. The van der Waals surface area contributed by atoms with E-state index in [4.69, 9.17) is 5.73 Å². The number of hydrogen-bond acceptors (Lipinski definition) is 3. The molecular weight excluding hydrogens is 181 g/mol. The van der Waals surface area contributed by atoms with Gasteiger partial charge in [0.05, 0.1) is 11.2 Å². The Hall–Kier alpha value is -1.71. The van der Waals surface area contributed by atoms with E-state index in [9.17, 15) is 4.39 Å². The standard InChI is InChI=1S/C10H10FN3/c1-2-8-7-4-3-6(11)5-9(7)14-10(12)13-8/h3-5H,2H2,1H3,(H2,12,13,14). The molecular formula is C10H10FN3. The van der Waals surface area contributed by atoms with Gasteiger partial charge in [-0.05, 0) is 18.6 Å². The maximum absolute atomic E-state index is 12.9. The summed E-state index contributed by atoms with van der Waals surface area (Å²) in [6, 6.07) is 4.45. The van der Waals surface area contributed by atoms with E-state index in [1.165, 1.54) is 12.1 Å². The van der Waals surface area contributed by atoms with Crippen molar-refractivity contribution in [2.45, 2.75) is 13.3 Å². The SMILES string of the molecule is CCc1nc(N)nc2cc(F)ccc12. The molecule has 0 aliphatic rings. The van der Waals surface area contributed by atoms with Crippen molar-refractivity contribution < 1.29 is 4.39 Å². The van der Waals surface area contributed by atoms with Crippen molar-refractivity contribution in [3.8, 4) is 0 Å². The third kappa shape index (κ3) is 1.39. The fraction of sp³-hybridized carbons (Fsp3) is 0.200. The highest BCUT2D eigenvalue weighted by atomic mass is 19.1. The van der Waals surface area contributed by atoms with E-state index >= 15 is 0 Å².